The average molecular weight is 361 g/mol. The van der Waals surface area contributed by atoms with Crippen LogP contribution in [0.4, 0.5) is 0 Å². The van der Waals surface area contributed by atoms with Crippen LogP contribution < -0.4 is 20.1 Å². The molecular formula is C18H23N3O3S. The van der Waals surface area contributed by atoms with Crippen molar-refractivity contribution in [2.45, 2.75) is 27.3 Å². The zero-order valence-electron chi connectivity index (χ0n) is 14.7. The lowest BCUT2D eigenvalue weighted by atomic mass is 9.96. The molecule has 0 saturated heterocycles. The first-order valence-corrected chi connectivity index (χ1v) is 9.15. The minimum absolute atomic E-state index is 0.0630. The first-order valence-electron chi connectivity index (χ1n) is 8.27. The van der Waals surface area contributed by atoms with Crippen molar-refractivity contribution in [2.75, 3.05) is 19.9 Å². The minimum atomic E-state index is -0.353. The summed E-state index contributed by atoms with van der Waals surface area (Å²) in [6.07, 6.45) is 0. The van der Waals surface area contributed by atoms with Gasteiger partial charge in [0.1, 0.15) is 5.01 Å². The molecule has 0 fully saturated rings. The molecule has 25 heavy (non-hydrogen) atoms. The highest BCUT2D eigenvalue weighted by Gasteiger charge is 2.20. The van der Waals surface area contributed by atoms with E-state index in [-0.39, 0.29) is 18.1 Å². The normalized spacial score (nSPS) is 13.1. The standard InChI is InChI=1S/C18H23N3O3S/c1-18(2,3)17(22)20-7-6-19-9-13-10-25-16(21-13)12-4-5-14-15(8-12)24-11-23-14/h4-5,8,10,19H,6-7,9,11H2,1-3H3,(H,20,22). The molecule has 0 unspecified atom stereocenters. The molecule has 1 aliphatic rings. The van der Waals surface area contributed by atoms with Crippen LogP contribution in [-0.2, 0) is 11.3 Å². The van der Waals surface area contributed by atoms with Gasteiger partial charge in [-0.3, -0.25) is 4.79 Å². The highest BCUT2D eigenvalue weighted by atomic mass is 32.1. The van der Waals surface area contributed by atoms with Crippen LogP contribution >= 0.6 is 11.3 Å². The molecule has 1 aliphatic heterocycles. The first kappa shape index (κ1) is 17.7. The Hall–Kier alpha value is -2.12. The molecule has 1 aromatic carbocycles. The molecular weight excluding hydrogens is 338 g/mol. The Balaban J connectivity index is 1.47. The third-order valence-electron chi connectivity index (χ3n) is 3.75. The first-order chi connectivity index (χ1) is 11.9. The van der Waals surface area contributed by atoms with Crippen molar-refractivity contribution < 1.29 is 14.3 Å². The van der Waals surface area contributed by atoms with Gasteiger partial charge in [-0.15, -0.1) is 11.3 Å². The van der Waals surface area contributed by atoms with Gasteiger partial charge in [-0.1, -0.05) is 20.8 Å². The topological polar surface area (TPSA) is 72.5 Å². The molecule has 3 rings (SSSR count). The summed E-state index contributed by atoms with van der Waals surface area (Å²) in [6, 6.07) is 5.86. The Kier molecular flexibility index (Phi) is 5.24. The smallest absolute Gasteiger partial charge is 0.231 e. The van der Waals surface area contributed by atoms with Gasteiger partial charge in [0, 0.05) is 36.0 Å². The number of hydrogen-bond acceptors (Lipinski definition) is 6. The van der Waals surface area contributed by atoms with E-state index >= 15 is 0 Å². The quantitative estimate of drug-likeness (QED) is 0.774. The number of aromatic nitrogens is 1. The second-order valence-electron chi connectivity index (χ2n) is 6.89. The number of ether oxygens (including phenoxy) is 2. The molecule has 0 aliphatic carbocycles. The number of rotatable bonds is 6. The predicted molar refractivity (Wildman–Crippen MR) is 97.8 cm³/mol. The summed E-state index contributed by atoms with van der Waals surface area (Å²) in [6.45, 7) is 7.98. The number of nitrogens with one attached hydrogen (secondary N) is 2. The summed E-state index contributed by atoms with van der Waals surface area (Å²) in [5, 5.41) is 9.22. The fourth-order valence-electron chi connectivity index (χ4n) is 2.30. The highest BCUT2D eigenvalue weighted by Crippen LogP contribution is 2.36. The Bertz CT molecular complexity index is 752. The number of amides is 1. The van der Waals surface area contributed by atoms with Gasteiger partial charge in [0.15, 0.2) is 11.5 Å². The summed E-state index contributed by atoms with van der Waals surface area (Å²) in [7, 11) is 0. The van der Waals surface area contributed by atoms with Gasteiger partial charge in [-0.25, -0.2) is 4.98 Å². The molecule has 0 atom stereocenters. The van der Waals surface area contributed by atoms with E-state index in [2.05, 4.69) is 15.6 Å². The van der Waals surface area contributed by atoms with E-state index in [1.807, 2.05) is 44.4 Å². The third kappa shape index (κ3) is 4.49. The maximum absolute atomic E-state index is 11.8. The molecule has 2 N–H and O–H groups in total. The van der Waals surface area contributed by atoms with E-state index in [1.165, 1.54) is 0 Å². The number of thiazole rings is 1. The molecule has 1 amide bonds. The van der Waals surface area contributed by atoms with Crippen LogP contribution in [0.3, 0.4) is 0 Å². The van der Waals surface area contributed by atoms with Crippen LogP contribution in [-0.4, -0.2) is 30.8 Å². The van der Waals surface area contributed by atoms with Crippen molar-refractivity contribution >= 4 is 17.2 Å². The van der Waals surface area contributed by atoms with E-state index in [0.717, 1.165) is 27.8 Å². The second-order valence-corrected chi connectivity index (χ2v) is 7.75. The van der Waals surface area contributed by atoms with Crippen molar-refractivity contribution in [1.82, 2.24) is 15.6 Å². The van der Waals surface area contributed by atoms with E-state index in [0.29, 0.717) is 19.6 Å². The molecule has 134 valence electrons. The highest BCUT2D eigenvalue weighted by molar-refractivity contribution is 7.13. The molecule has 2 heterocycles. The van der Waals surface area contributed by atoms with Crippen molar-refractivity contribution in [1.29, 1.82) is 0 Å². The molecule has 0 bridgehead atoms. The van der Waals surface area contributed by atoms with Gasteiger partial charge in [0.25, 0.3) is 0 Å². The molecule has 7 heteroatoms. The maximum Gasteiger partial charge on any atom is 0.231 e. The fourth-order valence-corrected chi connectivity index (χ4v) is 3.11. The van der Waals surface area contributed by atoms with Crippen LogP contribution in [0.25, 0.3) is 10.6 Å². The van der Waals surface area contributed by atoms with E-state index in [4.69, 9.17) is 9.47 Å². The van der Waals surface area contributed by atoms with Gasteiger partial charge in [0.2, 0.25) is 12.7 Å². The van der Waals surface area contributed by atoms with E-state index < -0.39 is 0 Å². The van der Waals surface area contributed by atoms with E-state index in [9.17, 15) is 4.79 Å². The Labute approximate surface area is 151 Å². The molecule has 0 radical (unpaired) electrons. The summed E-state index contributed by atoms with van der Waals surface area (Å²) in [5.74, 6) is 1.61. The van der Waals surface area contributed by atoms with Crippen molar-refractivity contribution in [3.05, 3.63) is 29.3 Å². The average Bonchev–Trinajstić information content (AvgIpc) is 3.21. The van der Waals surface area contributed by atoms with Crippen LogP contribution in [0.2, 0.25) is 0 Å². The second kappa shape index (κ2) is 7.41. The molecule has 6 nitrogen and oxygen atoms in total. The zero-order chi connectivity index (χ0) is 17.9. The van der Waals surface area contributed by atoms with Crippen LogP contribution in [0.1, 0.15) is 26.5 Å². The van der Waals surface area contributed by atoms with Gasteiger partial charge in [-0.2, -0.15) is 0 Å². The number of fused-ring (bicyclic) bond motifs is 1. The number of nitrogens with zero attached hydrogens (tertiary/aromatic N) is 1. The van der Waals surface area contributed by atoms with E-state index in [1.54, 1.807) is 11.3 Å². The van der Waals surface area contributed by atoms with Crippen LogP contribution in [0.15, 0.2) is 23.6 Å². The maximum atomic E-state index is 11.8. The number of hydrogen-bond donors (Lipinski definition) is 2. The molecule has 2 aromatic rings. The van der Waals surface area contributed by atoms with Gasteiger partial charge >= 0.3 is 0 Å². The Morgan fingerprint density at radius 2 is 2.04 bits per heavy atom. The molecule has 1 aromatic heterocycles. The fraction of sp³-hybridized carbons (Fsp3) is 0.444. The van der Waals surface area contributed by atoms with Crippen LogP contribution in [0, 0.1) is 5.41 Å². The SMILES string of the molecule is CC(C)(C)C(=O)NCCNCc1csc(-c2ccc3c(c2)OCO3)n1. The monoisotopic (exact) mass is 361 g/mol. The lowest BCUT2D eigenvalue weighted by Gasteiger charge is -2.17. The lowest BCUT2D eigenvalue weighted by molar-refractivity contribution is -0.128. The molecule has 0 saturated carbocycles. The minimum Gasteiger partial charge on any atom is -0.454 e. The van der Waals surface area contributed by atoms with Gasteiger partial charge in [0.05, 0.1) is 5.69 Å². The van der Waals surface area contributed by atoms with Crippen molar-refractivity contribution in [3.63, 3.8) is 0 Å². The summed E-state index contributed by atoms with van der Waals surface area (Å²) in [4.78, 5) is 16.4. The largest absolute Gasteiger partial charge is 0.454 e. The van der Waals surface area contributed by atoms with Crippen molar-refractivity contribution in [2.24, 2.45) is 5.41 Å². The zero-order valence-corrected chi connectivity index (χ0v) is 15.5. The Morgan fingerprint density at radius 1 is 1.24 bits per heavy atom. The van der Waals surface area contributed by atoms with Crippen molar-refractivity contribution in [3.8, 4) is 22.1 Å². The summed E-state index contributed by atoms with van der Waals surface area (Å²) in [5.41, 5.74) is 1.66. The summed E-state index contributed by atoms with van der Waals surface area (Å²) >= 11 is 1.60. The predicted octanol–water partition coefficient (Wildman–Crippen LogP) is 2.79. The Morgan fingerprint density at radius 3 is 2.84 bits per heavy atom. The summed E-state index contributed by atoms with van der Waals surface area (Å²) < 4.78 is 10.7. The van der Waals surface area contributed by atoms with Gasteiger partial charge in [-0.05, 0) is 18.2 Å². The number of benzene rings is 1. The van der Waals surface area contributed by atoms with Crippen LogP contribution in [0.5, 0.6) is 11.5 Å². The van der Waals surface area contributed by atoms with Gasteiger partial charge < -0.3 is 20.1 Å². The lowest BCUT2D eigenvalue weighted by Crippen LogP contribution is -2.38. The molecule has 0 spiro atoms. The number of carbonyl (C=O) groups is 1. The third-order valence-corrected chi connectivity index (χ3v) is 4.69. The number of carbonyl (C=O) groups excluding carboxylic acids is 1.